The molecule has 104 valence electrons. The topological polar surface area (TPSA) is 76.7 Å². The van der Waals surface area contributed by atoms with Gasteiger partial charge < -0.3 is 11.1 Å². The summed E-state index contributed by atoms with van der Waals surface area (Å²) in [6.07, 6.45) is 4.95. The van der Waals surface area contributed by atoms with Gasteiger partial charge in [0.05, 0.1) is 17.6 Å². The van der Waals surface area contributed by atoms with Gasteiger partial charge in [-0.15, -0.1) is 0 Å². The molecule has 0 bridgehead atoms. The van der Waals surface area contributed by atoms with E-state index in [-0.39, 0.29) is 0 Å². The fourth-order valence-corrected chi connectivity index (χ4v) is 2.09. The summed E-state index contributed by atoms with van der Waals surface area (Å²) in [6.45, 7) is 0. The highest BCUT2D eigenvalue weighted by Gasteiger charge is 2.06. The monoisotopic (exact) mass is 297 g/mol. The minimum absolute atomic E-state index is 0.478. The molecule has 2 heterocycles. The van der Waals surface area contributed by atoms with Gasteiger partial charge in [-0.1, -0.05) is 17.7 Å². The first kappa shape index (κ1) is 13.3. The van der Waals surface area contributed by atoms with E-state index in [1.54, 1.807) is 30.7 Å². The van der Waals surface area contributed by atoms with Crippen LogP contribution in [0.2, 0.25) is 5.02 Å². The lowest BCUT2D eigenvalue weighted by Gasteiger charge is -2.08. The lowest BCUT2D eigenvalue weighted by atomic mass is 10.1. The number of halogens is 1. The van der Waals surface area contributed by atoms with Crippen molar-refractivity contribution in [3.05, 3.63) is 60.0 Å². The van der Waals surface area contributed by atoms with Crippen LogP contribution >= 0.6 is 11.6 Å². The average Bonchev–Trinajstić information content (AvgIpc) is 2.48. The highest BCUT2D eigenvalue weighted by molar-refractivity contribution is 6.30. The highest BCUT2D eigenvalue weighted by atomic mass is 35.5. The van der Waals surface area contributed by atoms with Gasteiger partial charge in [-0.2, -0.15) is 0 Å². The Morgan fingerprint density at radius 2 is 2.00 bits per heavy atom. The van der Waals surface area contributed by atoms with E-state index < -0.39 is 0 Å². The van der Waals surface area contributed by atoms with Crippen molar-refractivity contribution in [1.82, 2.24) is 15.0 Å². The molecule has 3 aromatic rings. The highest BCUT2D eigenvalue weighted by Crippen LogP contribution is 2.24. The number of anilines is 3. The van der Waals surface area contributed by atoms with Crippen LogP contribution in [0.1, 0.15) is 0 Å². The Hall–Kier alpha value is -2.66. The Kier molecular flexibility index (Phi) is 3.66. The van der Waals surface area contributed by atoms with Crippen molar-refractivity contribution >= 4 is 28.9 Å². The summed E-state index contributed by atoms with van der Waals surface area (Å²) in [4.78, 5) is 12.6. The van der Waals surface area contributed by atoms with E-state index >= 15 is 0 Å². The van der Waals surface area contributed by atoms with Gasteiger partial charge in [-0.25, -0.2) is 9.97 Å². The number of aromatic nitrogens is 3. The van der Waals surface area contributed by atoms with E-state index in [1.807, 2.05) is 24.3 Å². The van der Waals surface area contributed by atoms with E-state index in [9.17, 15) is 0 Å². The Morgan fingerprint density at radius 1 is 1.10 bits per heavy atom. The second-order valence-corrected chi connectivity index (χ2v) is 4.80. The van der Waals surface area contributed by atoms with Crippen molar-refractivity contribution in [2.75, 3.05) is 11.1 Å². The fraction of sp³-hybridized carbons (Fsp3) is 0. The number of benzene rings is 1. The summed E-state index contributed by atoms with van der Waals surface area (Å²) >= 11 is 5.95. The SMILES string of the molecule is Nc1cnccc1-c1ccnc(Nc2cccc(Cl)c2)n1. The maximum Gasteiger partial charge on any atom is 0.227 e. The Balaban J connectivity index is 1.92. The largest absolute Gasteiger partial charge is 0.397 e. The molecular formula is C15H12ClN5. The number of pyridine rings is 1. The molecule has 5 nitrogen and oxygen atoms in total. The molecular weight excluding hydrogens is 286 g/mol. The van der Waals surface area contributed by atoms with Crippen LogP contribution in [0.25, 0.3) is 11.3 Å². The van der Waals surface area contributed by atoms with Gasteiger partial charge in [-0.05, 0) is 30.3 Å². The molecule has 21 heavy (non-hydrogen) atoms. The number of nitrogens with two attached hydrogens (primary N) is 1. The molecule has 0 aliphatic carbocycles. The van der Waals surface area contributed by atoms with Crippen molar-refractivity contribution < 1.29 is 0 Å². The van der Waals surface area contributed by atoms with Gasteiger partial charge in [0.1, 0.15) is 0 Å². The molecule has 0 fully saturated rings. The van der Waals surface area contributed by atoms with Gasteiger partial charge >= 0.3 is 0 Å². The Labute approximate surface area is 126 Å². The minimum Gasteiger partial charge on any atom is -0.397 e. The number of nitrogens with one attached hydrogen (secondary N) is 1. The van der Waals surface area contributed by atoms with Gasteiger partial charge in [0.2, 0.25) is 5.95 Å². The molecule has 0 saturated carbocycles. The molecule has 0 spiro atoms. The molecule has 0 atom stereocenters. The summed E-state index contributed by atoms with van der Waals surface area (Å²) in [5, 5.41) is 3.76. The average molecular weight is 298 g/mol. The van der Waals surface area contributed by atoms with Crippen LogP contribution in [0, 0.1) is 0 Å². The minimum atomic E-state index is 0.478. The van der Waals surface area contributed by atoms with Crippen LogP contribution in [0.4, 0.5) is 17.3 Å². The molecule has 0 aliphatic heterocycles. The quantitative estimate of drug-likeness (QED) is 0.773. The first-order valence-electron chi connectivity index (χ1n) is 6.28. The van der Waals surface area contributed by atoms with Gasteiger partial charge in [-0.3, -0.25) is 4.98 Å². The molecule has 3 rings (SSSR count). The third kappa shape index (κ3) is 3.09. The molecule has 6 heteroatoms. The number of hydrogen-bond acceptors (Lipinski definition) is 5. The van der Waals surface area contributed by atoms with E-state index in [2.05, 4.69) is 20.3 Å². The fourth-order valence-electron chi connectivity index (χ4n) is 1.90. The molecule has 0 amide bonds. The zero-order valence-electron chi connectivity index (χ0n) is 11.0. The zero-order valence-corrected chi connectivity index (χ0v) is 11.7. The summed E-state index contributed by atoms with van der Waals surface area (Å²) in [7, 11) is 0. The van der Waals surface area contributed by atoms with Crippen molar-refractivity contribution in [2.45, 2.75) is 0 Å². The predicted octanol–water partition coefficient (Wildman–Crippen LogP) is 3.52. The lowest BCUT2D eigenvalue weighted by Crippen LogP contribution is -1.99. The first-order chi connectivity index (χ1) is 10.2. The van der Waals surface area contributed by atoms with Crippen molar-refractivity contribution in [3.63, 3.8) is 0 Å². The van der Waals surface area contributed by atoms with Crippen molar-refractivity contribution in [3.8, 4) is 11.3 Å². The molecule has 2 aromatic heterocycles. The van der Waals surface area contributed by atoms with Gasteiger partial charge in [0, 0.05) is 28.7 Å². The van der Waals surface area contributed by atoms with Crippen LogP contribution in [-0.2, 0) is 0 Å². The molecule has 0 saturated heterocycles. The van der Waals surface area contributed by atoms with E-state index in [4.69, 9.17) is 17.3 Å². The van der Waals surface area contributed by atoms with Crippen molar-refractivity contribution in [2.24, 2.45) is 0 Å². The summed E-state index contributed by atoms with van der Waals surface area (Å²) in [6, 6.07) is 11.0. The summed E-state index contributed by atoms with van der Waals surface area (Å²) in [5.41, 5.74) is 8.86. The second kappa shape index (κ2) is 5.76. The maximum atomic E-state index is 5.95. The lowest BCUT2D eigenvalue weighted by molar-refractivity contribution is 1.17. The van der Waals surface area contributed by atoms with Crippen LogP contribution in [-0.4, -0.2) is 15.0 Å². The van der Waals surface area contributed by atoms with Crippen LogP contribution in [0.5, 0.6) is 0 Å². The van der Waals surface area contributed by atoms with Gasteiger partial charge in [0.15, 0.2) is 0 Å². The Bertz CT molecular complexity index is 775. The second-order valence-electron chi connectivity index (χ2n) is 4.36. The van der Waals surface area contributed by atoms with Crippen LogP contribution in [0.3, 0.4) is 0 Å². The number of rotatable bonds is 3. The standard InChI is InChI=1S/C15H12ClN5/c16-10-2-1-3-11(8-10)20-15-19-7-5-14(21-15)12-4-6-18-9-13(12)17/h1-9H,17H2,(H,19,20,21). The number of hydrogen-bond donors (Lipinski definition) is 2. The van der Waals surface area contributed by atoms with Crippen LogP contribution in [0.15, 0.2) is 55.0 Å². The van der Waals surface area contributed by atoms with Crippen LogP contribution < -0.4 is 11.1 Å². The zero-order chi connectivity index (χ0) is 14.7. The third-order valence-corrected chi connectivity index (χ3v) is 3.10. The maximum absolute atomic E-state index is 5.95. The first-order valence-corrected chi connectivity index (χ1v) is 6.66. The molecule has 0 radical (unpaired) electrons. The molecule has 0 unspecified atom stereocenters. The number of nitrogens with zero attached hydrogens (tertiary/aromatic N) is 3. The Morgan fingerprint density at radius 3 is 2.81 bits per heavy atom. The predicted molar refractivity (Wildman–Crippen MR) is 84.4 cm³/mol. The number of nitrogen functional groups attached to an aromatic ring is 1. The summed E-state index contributed by atoms with van der Waals surface area (Å²) < 4.78 is 0. The van der Waals surface area contributed by atoms with Gasteiger partial charge in [0.25, 0.3) is 0 Å². The smallest absolute Gasteiger partial charge is 0.227 e. The third-order valence-electron chi connectivity index (χ3n) is 2.86. The molecule has 1 aromatic carbocycles. The van der Waals surface area contributed by atoms with E-state index in [1.165, 1.54) is 0 Å². The molecule has 3 N–H and O–H groups in total. The van der Waals surface area contributed by atoms with Crippen molar-refractivity contribution in [1.29, 1.82) is 0 Å². The summed E-state index contributed by atoms with van der Waals surface area (Å²) in [5.74, 6) is 0.478. The normalized spacial score (nSPS) is 10.3. The molecule has 0 aliphatic rings. The van der Waals surface area contributed by atoms with E-state index in [0.717, 1.165) is 16.9 Å². The van der Waals surface area contributed by atoms with E-state index in [0.29, 0.717) is 16.7 Å².